The lowest BCUT2D eigenvalue weighted by Gasteiger charge is -2.14. The minimum atomic E-state index is -0.351. The van der Waals surface area contributed by atoms with E-state index in [9.17, 15) is 9.90 Å². The van der Waals surface area contributed by atoms with Gasteiger partial charge in [0.2, 0.25) is 0 Å². The number of benzene rings is 1. The fraction of sp³-hybridized carbons (Fsp3) is 0.412. The quantitative estimate of drug-likeness (QED) is 0.779. The van der Waals surface area contributed by atoms with Crippen LogP contribution in [0.5, 0.6) is 5.75 Å². The van der Waals surface area contributed by atoms with Gasteiger partial charge in [0, 0.05) is 17.5 Å². The van der Waals surface area contributed by atoms with Gasteiger partial charge in [0.25, 0.3) is 5.91 Å². The summed E-state index contributed by atoms with van der Waals surface area (Å²) in [6.07, 6.45) is 0.319. The molecule has 2 N–H and O–H groups in total. The molecule has 0 aliphatic carbocycles. The van der Waals surface area contributed by atoms with Crippen LogP contribution in [0.15, 0.2) is 35.2 Å². The van der Waals surface area contributed by atoms with E-state index in [0.29, 0.717) is 30.9 Å². The van der Waals surface area contributed by atoms with Crippen LogP contribution in [-0.2, 0) is 6.61 Å². The Kier molecular flexibility index (Phi) is 6.55. The van der Waals surface area contributed by atoms with E-state index in [1.165, 1.54) is 11.3 Å². The third-order valence-corrected chi connectivity index (χ3v) is 3.98. The monoisotopic (exact) mass is 334 g/mol. The number of nitrogens with zero attached hydrogens (tertiary/aromatic N) is 1. The highest BCUT2D eigenvalue weighted by atomic mass is 32.1. The number of hydrogen-bond acceptors (Lipinski definition) is 5. The maximum atomic E-state index is 12.1. The smallest absolute Gasteiger partial charge is 0.251 e. The van der Waals surface area contributed by atoms with Crippen LogP contribution < -0.4 is 10.1 Å². The van der Waals surface area contributed by atoms with Crippen molar-refractivity contribution in [2.45, 2.75) is 33.0 Å². The minimum Gasteiger partial charge on any atom is -0.487 e. The van der Waals surface area contributed by atoms with Crippen LogP contribution in [0.1, 0.15) is 36.3 Å². The largest absolute Gasteiger partial charge is 0.487 e. The Bertz CT molecular complexity index is 597. The van der Waals surface area contributed by atoms with Crippen molar-refractivity contribution in [3.05, 3.63) is 46.4 Å². The Balaban J connectivity index is 1.80. The van der Waals surface area contributed by atoms with Gasteiger partial charge in [-0.25, -0.2) is 4.98 Å². The van der Waals surface area contributed by atoms with Crippen molar-refractivity contribution in [2.24, 2.45) is 5.92 Å². The number of ether oxygens (including phenoxy) is 1. The molecule has 5 nitrogen and oxygen atoms in total. The van der Waals surface area contributed by atoms with Gasteiger partial charge in [-0.3, -0.25) is 4.79 Å². The molecule has 2 rings (SSSR count). The average molecular weight is 334 g/mol. The summed E-state index contributed by atoms with van der Waals surface area (Å²) in [4.78, 5) is 16.2. The first-order valence-corrected chi connectivity index (χ1v) is 8.55. The van der Waals surface area contributed by atoms with Gasteiger partial charge in [0.1, 0.15) is 12.4 Å². The number of aromatic nitrogens is 1. The molecule has 0 aliphatic heterocycles. The number of aliphatic hydroxyl groups excluding tert-OH is 1. The van der Waals surface area contributed by atoms with Crippen molar-refractivity contribution in [2.75, 3.05) is 6.54 Å². The molecule has 0 spiro atoms. The van der Waals surface area contributed by atoms with E-state index in [1.807, 2.05) is 12.3 Å². The molecule has 0 saturated heterocycles. The number of rotatable bonds is 8. The highest BCUT2D eigenvalue weighted by Crippen LogP contribution is 2.14. The second kappa shape index (κ2) is 8.64. The molecule has 2 aromatic rings. The number of nitrogens with one attached hydrogen (secondary N) is 1. The predicted octanol–water partition coefficient (Wildman–Crippen LogP) is 2.86. The summed E-state index contributed by atoms with van der Waals surface area (Å²) < 4.78 is 5.61. The van der Waals surface area contributed by atoms with E-state index in [0.717, 1.165) is 5.69 Å². The summed E-state index contributed by atoms with van der Waals surface area (Å²) in [6.45, 7) is 4.72. The van der Waals surface area contributed by atoms with Crippen LogP contribution in [0.3, 0.4) is 0 Å². The van der Waals surface area contributed by atoms with E-state index >= 15 is 0 Å². The fourth-order valence-corrected chi connectivity index (χ4v) is 2.75. The number of amides is 1. The van der Waals surface area contributed by atoms with Crippen LogP contribution in [0.4, 0.5) is 0 Å². The standard InChI is InChI=1S/C17H22N2O3S/c1-12(7-13(2)20)8-18-17(21)14-3-5-16(6-4-14)22-9-15-10-23-11-19-15/h3-6,10-13,20H,7-9H2,1-2H3,(H,18,21). The molecule has 0 radical (unpaired) electrons. The first-order valence-electron chi connectivity index (χ1n) is 7.60. The average Bonchev–Trinajstić information content (AvgIpc) is 3.04. The van der Waals surface area contributed by atoms with Crippen molar-refractivity contribution < 1.29 is 14.6 Å². The molecule has 2 unspecified atom stereocenters. The molecule has 1 amide bonds. The zero-order chi connectivity index (χ0) is 16.7. The predicted molar refractivity (Wildman–Crippen MR) is 90.7 cm³/mol. The molecule has 0 aliphatic rings. The molecular formula is C17H22N2O3S. The van der Waals surface area contributed by atoms with Gasteiger partial charge in [-0.05, 0) is 43.5 Å². The van der Waals surface area contributed by atoms with E-state index in [4.69, 9.17) is 4.74 Å². The molecule has 6 heteroatoms. The highest BCUT2D eigenvalue weighted by Gasteiger charge is 2.10. The molecular weight excluding hydrogens is 312 g/mol. The van der Waals surface area contributed by atoms with Gasteiger partial charge >= 0.3 is 0 Å². The molecule has 0 fully saturated rings. The first-order chi connectivity index (χ1) is 11.0. The zero-order valence-electron chi connectivity index (χ0n) is 13.4. The Labute approximate surface area is 140 Å². The molecule has 124 valence electrons. The van der Waals surface area contributed by atoms with Gasteiger partial charge in [-0.2, -0.15) is 0 Å². The Hall–Kier alpha value is -1.92. The van der Waals surface area contributed by atoms with Gasteiger partial charge in [-0.1, -0.05) is 6.92 Å². The SMILES string of the molecule is CC(O)CC(C)CNC(=O)c1ccc(OCc2cscn2)cc1. The number of hydrogen-bond donors (Lipinski definition) is 2. The Morgan fingerprint density at radius 3 is 2.70 bits per heavy atom. The summed E-state index contributed by atoms with van der Waals surface area (Å²) in [5.74, 6) is 0.824. The van der Waals surface area contributed by atoms with Crippen LogP contribution in [0.2, 0.25) is 0 Å². The lowest BCUT2D eigenvalue weighted by Crippen LogP contribution is -2.29. The first kappa shape index (κ1) is 17.4. The van der Waals surface area contributed by atoms with Crippen molar-refractivity contribution in [3.63, 3.8) is 0 Å². The van der Waals surface area contributed by atoms with Crippen LogP contribution >= 0.6 is 11.3 Å². The second-order valence-electron chi connectivity index (χ2n) is 5.69. The topological polar surface area (TPSA) is 71.5 Å². The van der Waals surface area contributed by atoms with Gasteiger partial charge in [-0.15, -0.1) is 11.3 Å². The van der Waals surface area contributed by atoms with Crippen LogP contribution in [0.25, 0.3) is 0 Å². The minimum absolute atomic E-state index is 0.117. The Morgan fingerprint density at radius 2 is 2.09 bits per heavy atom. The van der Waals surface area contributed by atoms with Crippen molar-refractivity contribution in [3.8, 4) is 5.75 Å². The maximum Gasteiger partial charge on any atom is 0.251 e. The van der Waals surface area contributed by atoms with Crippen molar-refractivity contribution in [1.29, 1.82) is 0 Å². The van der Waals surface area contributed by atoms with Crippen LogP contribution in [0, 0.1) is 5.92 Å². The lowest BCUT2D eigenvalue weighted by atomic mass is 10.0. The van der Waals surface area contributed by atoms with Crippen molar-refractivity contribution >= 4 is 17.2 Å². The van der Waals surface area contributed by atoms with Gasteiger partial charge in [0.15, 0.2) is 0 Å². The lowest BCUT2D eigenvalue weighted by molar-refractivity contribution is 0.0939. The van der Waals surface area contributed by atoms with E-state index in [-0.39, 0.29) is 17.9 Å². The molecule has 0 bridgehead atoms. The van der Waals surface area contributed by atoms with Gasteiger partial charge < -0.3 is 15.2 Å². The summed E-state index contributed by atoms with van der Waals surface area (Å²) in [6, 6.07) is 7.04. The molecule has 0 saturated carbocycles. The number of aliphatic hydroxyl groups is 1. The third-order valence-electron chi connectivity index (χ3n) is 3.34. The summed E-state index contributed by atoms with van der Waals surface area (Å²) in [5.41, 5.74) is 3.25. The fourth-order valence-electron chi connectivity index (χ4n) is 2.20. The number of carbonyl (C=O) groups excluding carboxylic acids is 1. The van der Waals surface area contributed by atoms with Crippen LogP contribution in [-0.4, -0.2) is 28.6 Å². The van der Waals surface area contributed by atoms with E-state index < -0.39 is 0 Å². The normalized spacial score (nSPS) is 13.3. The molecule has 2 atom stereocenters. The molecule has 1 aromatic carbocycles. The summed E-state index contributed by atoms with van der Waals surface area (Å²) >= 11 is 1.53. The second-order valence-corrected chi connectivity index (χ2v) is 6.41. The number of carbonyl (C=O) groups is 1. The summed E-state index contributed by atoms with van der Waals surface area (Å²) in [5, 5.41) is 14.1. The zero-order valence-corrected chi connectivity index (χ0v) is 14.2. The van der Waals surface area contributed by atoms with Gasteiger partial charge in [0.05, 0.1) is 17.3 Å². The molecule has 23 heavy (non-hydrogen) atoms. The van der Waals surface area contributed by atoms with E-state index in [1.54, 1.807) is 36.7 Å². The number of thiazole rings is 1. The van der Waals surface area contributed by atoms with Crippen molar-refractivity contribution in [1.82, 2.24) is 10.3 Å². The third kappa shape index (κ3) is 6.00. The molecule has 1 heterocycles. The Morgan fingerprint density at radius 1 is 1.35 bits per heavy atom. The van der Waals surface area contributed by atoms with E-state index in [2.05, 4.69) is 10.3 Å². The summed E-state index contributed by atoms with van der Waals surface area (Å²) in [7, 11) is 0. The molecule has 1 aromatic heterocycles. The maximum absolute atomic E-state index is 12.1. The highest BCUT2D eigenvalue weighted by molar-refractivity contribution is 7.07.